The van der Waals surface area contributed by atoms with Gasteiger partial charge in [0.2, 0.25) is 0 Å². The summed E-state index contributed by atoms with van der Waals surface area (Å²) in [5, 5.41) is 13.1. The lowest BCUT2D eigenvalue weighted by Gasteiger charge is -2.22. The molecule has 1 amide bonds. The summed E-state index contributed by atoms with van der Waals surface area (Å²) in [7, 11) is 0. The van der Waals surface area contributed by atoms with Crippen molar-refractivity contribution < 1.29 is 4.79 Å². The highest BCUT2D eigenvalue weighted by molar-refractivity contribution is 5.94. The number of carbonyl (C=O) groups excluding carboxylic acids is 1. The van der Waals surface area contributed by atoms with Gasteiger partial charge in [0.05, 0.1) is 17.3 Å². The lowest BCUT2D eigenvalue weighted by Crippen LogP contribution is -2.35. The minimum atomic E-state index is 0.0808. The predicted octanol–water partition coefficient (Wildman–Crippen LogP) is 3.09. The third kappa shape index (κ3) is 4.53. The molecule has 29 heavy (non-hydrogen) atoms. The number of hydrogen-bond donors (Lipinski definition) is 0. The van der Waals surface area contributed by atoms with E-state index in [4.69, 9.17) is 5.26 Å². The maximum absolute atomic E-state index is 12.9. The average molecular weight is 385 g/mol. The van der Waals surface area contributed by atoms with Gasteiger partial charge in [-0.2, -0.15) is 10.4 Å². The van der Waals surface area contributed by atoms with E-state index < -0.39 is 0 Å². The SMILES string of the molecule is N#Cc1ccc(CN2CCCN(C(=O)c3ccc(-n4cccn4)cc3)CC2)cc1. The lowest BCUT2D eigenvalue weighted by molar-refractivity contribution is 0.0761. The summed E-state index contributed by atoms with van der Waals surface area (Å²) in [4.78, 5) is 17.3. The smallest absolute Gasteiger partial charge is 0.253 e. The van der Waals surface area contributed by atoms with Crippen LogP contribution in [-0.4, -0.2) is 51.7 Å². The van der Waals surface area contributed by atoms with Gasteiger partial charge >= 0.3 is 0 Å². The van der Waals surface area contributed by atoms with Gasteiger partial charge < -0.3 is 4.90 Å². The molecule has 1 fully saturated rings. The number of nitrogens with zero attached hydrogens (tertiary/aromatic N) is 5. The Morgan fingerprint density at radius 3 is 2.48 bits per heavy atom. The minimum absolute atomic E-state index is 0.0808. The van der Waals surface area contributed by atoms with Crippen LogP contribution in [0.5, 0.6) is 0 Å². The third-order valence-electron chi connectivity index (χ3n) is 5.25. The van der Waals surface area contributed by atoms with Crippen LogP contribution in [-0.2, 0) is 6.54 Å². The first-order valence-corrected chi connectivity index (χ1v) is 9.84. The Morgan fingerprint density at radius 2 is 1.79 bits per heavy atom. The van der Waals surface area contributed by atoms with Gasteiger partial charge in [0.1, 0.15) is 0 Å². The Morgan fingerprint density at radius 1 is 1.00 bits per heavy atom. The molecule has 146 valence electrons. The molecular formula is C23H23N5O. The van der Waals surface area contributed by atoms with Crippen LogP contribution < -0.4 is 0 Å². The van der Waals surface area contributed by atoms with Crippen molar-refractivity contribution in [3.8, 4) is 11.8 Å². The average Bonchev–Trinajstić information content (AvgIpc) is 3.21. The second-order valence-corrected chi connectivity index (χ2v) is 7.23. The van der Waals surface area contributed by atoms with E-state index in [0.29, 0.717) is 11.1 Å². The van der Waals surface area contributed by atoms with Crippen LogP contribution in [0.2, 0.25) is 0 Å². The molecule has 1 aliphatic rings. The van der Waals surface area contributed by atoms with Gasteiger partial charge in [-0.3, -0.25) is 9.69 Å². The number of aromatic nitrogens is 2. The van der Waals surface area contributed by atoms with Crippen molar-refractivity contribution in [3.63, 3.8) is 0 Å². The van der Waals surface area contributed by atoms with E-state index in [1.807, 2.05) is 65.7 Å². The van der Waals surface area contributed by atoms with Crippen molar-refractivity contribution in [3.05, 3.63) is 83.7 Å². The van der Waals surface area contributed by atoms with Gasteiger partial charge in [0.25, 0.3) is 5.91 Å². The molecule has 0 bridgehead atoms. The molecule has 2 heterocycles. The van der Waals surface area contributed by atoms with Crippen molar-refractivity contribution in [2.75, 3.05) is 26.2 Å². The van der Waals surface area contributed by atoms with Crippen LogP contribution in [0.25, 0.3) is 5.69 Å². The maximum Gasteiger partial charge on any atom is 0.253 e. The highest BCUT2D eigenvalue weighted by atomic mass is 16.2. The lowest BCUT2D eigenvalue weighted by atomic mass is 10.1. The number of carbonyl (C=O) groups is 1. The van der Waals surface area contributed by atoms with E-state index in [0.717, 1.165) is 44.8 Å². The van der Waals surface area contributed by atoms with E-state index in [2.05, 4.69) is 16.1 Å². The molecule has 0 unspecified atom stereocenters. The monoisotopic (exact) mass is 385 g/mol. The Kier molecular flexibility index (Phi) is 5.68. The Labute approximate surface area is 170 Å². The first kappa shape index (κ1) is 18.9. The van der Waals surface area contributed by atoms with E-state index in [9.17, 15) is 4.79 Å². The molecule has 0 saturated carbocycles. The molecule has 0 N–H and O–H groups in total. The normalized spacial score (nSPS) is 14.9. The van der Waals surface area contributed by atoms with Gasteiger partial charge in [-0.15, -0.1) is 0 Å². The Bertz CT molecular complexity index is 987. The summed E-state index contributed by atoms with van der Waals surface area (Å²) < 4.78 is 1.78. The third-order valence-corrected chi connectivity index (χ3v) is 5.25. The van der Waals surface area contributed by atoms with Crippen molar-refractivity contribution in [2.24, 2.45) is 0 Å². The zero-order valence-corrected chi connectivity index (χ0v) is 16.2. The van der Waals surface area contributed by atoms with Crippen LogP contribution in [0.4, 0.5) is 0 Å². The van der Waals surface area contributed by atoms with Gasteiger partial charge in [0, 0.05) is 50.7 Å². The molecule has 1 saturated heterocycles. The summed E-state index contributed by atoms with van der Waals surface area (Å²) in [5.74, 6) is 0.0808. The zero-order valence-electron chi connectivity index (χ0n) is 16.2. The number of rotatable bonds is 4. The number of amides is 1. The van der Waals surface area contributed by atoms with Crippen LogP contribution in [0.1, 0.15) is 27.9 Å². The van der Waals surface area contributed by atoms with Gasteiger partial charge in [-0.05, 0) is 54.4 Å². The van der Waals surface area contributed by atoms with E-state index in [1.54, 1.807) is 10.9 Å². The molecule has 2 aromatic carbocycles. The fraction of sp³-hybridized carbons (Fsp3) is 0.261. The standard InChI is InChI=1S/C23H23N5O/c24-17-19-3-5-20(6-4-19)18-26-12-2-13-27(16-15-26)23(29)21-7-9-22(10-8-21)28-14-1-11-25-28/h1,3-11,14H,2,12-13,15-16,18H2. The summed E-state index contributed by atoms with van der Waals surface area (Å²) in [5.41, 5.74) is 3.52. The molecule has 6 heteroatoms. The molecule has 0 spiro atoms. The van der Waals surface area contributed by atoms with E-state index in [1.165, 1.54) is 5.56 Å². The summed E-state index contributed by atoms with van der Waals surface area (Å²) in [6.45, 7) is 4.13. The van der Waals surface area contributed by atoms with Crippen molar-refractivity contribution >= 4 is 5.91 Å². The second-order valence-electron chi connectivity index (χ2n) is 7.23. The maximum atomic E-state index is 12.9. The molecule has 1 aromatic heterocycles. The van der Waals surface area contributed by atoms with E-state index in [-0.39, 0.29) is 5.91 Å². The van der Waals surface area contributed by atoms with E-state index >= 15 is 0 Å². The molecule has 0 aliphatic carbocycles. The van der Waals surface area contributed by atoms with Crippen LogP contribution in [0.15, 0.2) is 67.0 Å². The molecule has 1 aliphatic heterocycles. The topological polar surface area (TPSA) is 65.2 Å². The van der Waals surface area contributed by atoms with Crippen molar-refractivity contribution in [1.29, 1.82) is 5.26 Å². The van der Waals surface area contributed by atoms with Crippen LogP contribution in [0, 0.1) is 11.3 Å². The first-order valence-electron chi connectivity index (χ1n) is 9.84. The molecular weight excluding hydrogens is 362 g/mol. The number of benzene rings is 2. The highest BCUT2D eigenvalue weighted by Crippen LogP contribution is 2.14. The minimum Gasteiger partial charge on any atom is -0.337 e. The second kappa shape index (κ2) is 8.72. The molecule has 6 nitrogen and oxygen atoms in total. The first-order chi connectivity index (χ1) is 14.2. The van der Waals surface area contributed by atoms with Crippen molar-refractivity contribution in [2.45, 2.75) is 13.0 Å². The summed E-state index contributed by atoms with van der Waals surface area (Å²) in [6.07, 6.45) is 4.57. The highest BCUT2D eigenvalue weighted by Gasteiger charge is 2.20. The summed E-state index contributed by atoms with van der Waals surface area (Å²) >= 11 is 0. The number of hydrogen-bond acceptors (Lipinski definition) is 4. The van der Waals surface area contributed by atoms with Gasteiger partial charge in [-0.25, -0.2) is 4.68 Å². The zero-order chi connectivity index (χ0) is 20.1. The van der Waals surface area contributed by atoms with Gasteiger partial charge in [0.15, 0.2) is 0 Å². The predicted molar refractivity (Wildman–Crippen MR) is 111 cm³/mol. The Balaban J connectivity index is 1.36. The molecule has 3 aromatic rings. The van der Waals surface area contributed by atoms with Crippen LogP contribution in [0.3, 0.4) is 0 Å². The largest absolute Gasteiger partial charge is 0.337 e. The van der Waals surface area contributed by atoms with Crippen molar-refractivity contribution in [1.82, 2.24) is 19.6 Å². The molecule has 0 atom stereocenters. The fourth-order valence-electron chi connectivity index (χ4n) is 3.64. The quantitative estimate of drug-likeness (QED) is 0.692. The molecule has 4 rings (SSSR count). The Hall–Kier alpha value is -3.43. The summed E-state index contributed by atoms with van der Waals surface area (Å²) in [6, 6.07) is 19.4. The number of nitriles is 1. The molecule has 0 radical (unpaired) electrons. The van der Waals surface area contributed by atoms with Gasteiger partial charge in [-0.1, -0.05) is 12.1 Å². The fourth-order valence-corrected chi connectivity index (χ4v) is 3.64. The van der Waals surface area contributed by atoms with Crippen LogP contribution >= 0.6 is 0 Å².